The molecule has 0 aromatic heterocycles. The van der Waals surface area contributed by atoms with E-state index in [0.717, 1.165) is 24.3 Å². The number of rotatable bonds is 5. The summed E-state index contributed by atoms with van der Waals surface area (Å²) in [6.45, 7) is 5.68. The van der Waals surface area contributed by atoms with Crippen LogP contribution >= 0.6 is 11.8 Å². The first kappa shape index (κ1) is 16.2. The van der Waals surface area contributed by atoms with Crippen molar-refractivity contribution in [1.82, 2.24) is 10.2 Å². The topological polar surface area (TPSA) is 52.6 Å². The number of hydrogen-bond acceptors (Lipinski definition) is 3. The van der Waals surface area contributed by atoms with Gasteiger partial charge >= 0.3 is 6.03 Å². The summed E-state index contributed by atoms with van der Waals surface area (Å²) in [6, 6.07) is 8.30. The van der Waals surface area contributed by atoms with Crippen LogP contribution in [0.3, 0.4) is 0 Å². The highest BCUT2D eigenvalue weighted by atomic mass is 32.2. The summed E-state index contributed by atoms with van der Waals surface area (Å²) < 4.78 is 0. The van der Waals surface area contributed by atoms with E-state index in [1.54, 1.807) is 4.90 Å². The molecule has 1 aliphatic heterocycles. The van der Waals surface area contributed by atoms with Crippen molar-refractivity contribution in [3.05, 3.63) is 29.8 Å². The second-order valence-electron chi connectivity index (χ2n) is 5.46. The van der Waals surface area contributed by atoms with E-state index in [2.05, 4.69) is 36.5 Å². The van der Waals surface area contributed by atoms with Gasteiger partial charge in [-0.15, -0.1) is 11.8 Å². The van der Waals surface area contributed by atoms with E-state index in [9.17, 15) is 4.79 Å². The molecule has 2 unspecified atom stereocenters. The fourth-order valence-electron chi connectivity index (χ4n) is 2.55. The average Bonchev–Trinajstić information content (AvgIpc) is 2.97. The van der Waals surface area contributed by atoms with E-state index in [1.807, 2.05) is 18.7 Å². The van der Waals surface area contributed by atoms with Gasteiger partial charge in [0.15, 0.2) is 0 Å². The number of thioether (sulfide) groups is 1. The number of hydrogen-bond donors (Lipinski definition) is 2. The molecule has 1 aromatic carbocycles. The quantitative estimate of drug-likeness (QED) is 0.822. The maximum Gasteiger partial charge on any atom is 0.317 e. The summed E-state index contributed by atoms with van der Waals surface area (Å²) in [4.78, 5) is 15.2. The smallest absolute Gasteiger partial charge is 0.317 e. The molecule has 0 radical (unpaired) electrons. The number of nitrogens with one attached hydrogen (secondary N) is 1. The predicted molar refractivity (Wildman–Crippen MR) is 86.6 cm³/mol. The molecular formula is C16H24N2O2S. The molecule has 1 saturated heterocycles. The molecule has 0 bridgehead atoms. The lowest BCUT2D eigenvalue weighted by Gasteiger charge is -2.21. The van der Waals surface area contributed by atoms with Gasteiger partial charge in [-0.05, 0) is 36.8 Å². The van der Waals surface area contributed by atoms with Crippen molar-refractivity contribution in [2.75, 3.05) is 25.4 Å². The molecule has 1 heterocycles. The molecule has 1 fully saturated rings. The Kier molecular flexibility index (Phi) is 5.94. The normalized spacial score (nSPS) is 19.6. The number of benzene rings is 1. The number of likely N-dealkylation sites (tertiary alicyclic amines) is 1. The molecule has 116 valence electrons. The maximum atomic E-state index is 12.2. The largest absolute Gasteiger partial charge is 0.396 e. The number of nitrogens with zero attached hydrogens (tertiary/aromatic N) is 1. The van der Waals surface area contributed by atoms with Crippen molar-refractivity contribution >= 4 is 17.8 Å². The molecule has 2 amide bonds. The van der Waals surface area contributed by atoms with Crippen molar-refractivity contribution in [3.8, 4) is 0 Å². The van der Waals surface area contributed by atoms with Gasteiger partial charge in [0.2, 0.25) is 0 Å². The molecule has 2 N–H and O–H groups in total. The van der Waals surface area contributed by atoms with Gasteiger partial charge in [-0.25, -0.2) is 4.79 Å². The lowest BCUT2D eigenvalue weighted by molar-refractivity contribution is 0.195. The van der Waals surface area contributed by atoms with Crippen molar-refractivity contribution < 1.29 is 9.90 Å². The fourth-order valence-corrected chi connectivity index (χ4v) is 3.21. The Morgan fingerprint density at radius 2 is 2.19 bits per heavy atom. The van der Waals surface area contributed by atoms with Crippen LogP contribution in [0.15, 0.2) is 29.2 Å². The summed E-state index contributed by atoms with van der Waals surface area (Å²) in [5, 5.41) is 12.2. The molecule has 0 aliphatic carbocycles. The number of urea groups is 1. The van der Waals surface area contributed by atoms with Crippen LogP contribution in [0.5, 0.6) is 0 Å². The third-order valence-corrected chi connectivity index (χ3v) is 4.76. The Bertz CT molecular complexity index is 464. The summed E-state index contributed by atoms with van der Waals surface area (Å²) in [5.74, 6) is 1.29. The van der Waals surface area contributed by atoms with Crippen LogP contribution in [0.1, 0.15) is 31.9 Å². The molecule has 4 nitrogen and oxygen atoms in total. The van der Waals surface area contributed by atoms with E-state index < -0.39 is 0 Å². The molecular weight excluding hydrogens is 284 g/mol. The molecule has 1 aliphatic rings. The lowest BCUT2D eigenvalue weighted by atomic mass is 10.1. The van der Waals surface area contributed by atoms with Crippen molar-refractivity contribution in [2.45, 2.75) is 31.2 Å². The molecule has 2 atom stereocenters. The Morgan fingerprint density at radius 3 is 2.76 bits per heavy atom. The third-order valence-electron chi connectivity index (χ3n) is 3.86. The summed E-state index contributed by atoms with van der Waals surface area (Å²) in [5.41, 5.74) is 1.11. The highest BCUT2D eigenvalue weighted by molar-refractivity contribution is 7.99. The van der Waals surface area contributed by atoms with Gasteiger partial charge in [-0.1, -0.05) is 19.1 Å². The van der Waals surface area contributed by atoms with Crippen LogP contribution in [-0.2, 0) is 0 Å². The lowest BCUT2D eigenvalue weighted by Crippen LogP contribution is -2.39. The van der Waals surface area contributed by atoms with E-state index in [1.165, 1.54) is 4.90 Å². The first-order chi connectivity index (χ1) is 10.1. The van der Waals surface area contributed by atoms with Gasteiger partial charge in [0.1, 0.15) is 0 Å². The average molecular weight is 308 g/mol. The van der Waals surface area contributed by atoms with Crippen molar-refractivity contribution in [1.29, 1.82) is 0 Å². The van der Waals surface area contributed by atoms with E-state index in [-0.39, 0.29) is 24.6 Å². The van der Waals surface area contributed by atoms with Gasteiger partial charge in [0.25, 0.3) is 0 Å². The van der Waals surface area contributed by atoms with Crippen molar-refractivity contribution in [3.63, 3.8) is 0 Å². The zero-order chi connectivity index (χ0) is 15.2. The maximum absolute atomic E-state index is 12.2. The molecule has 0 saturated carbocycles. The SMILES string of the molecule is CCSc1ccc(C(C)NC(=O)N2CCC(CO)C2)cc1. The second kappa shape index (κ2) is 7.71. The summed E-state index contributed by atoms with van der Waals surface area (Å²) in [6.07, 6.45) is 0.890. The number of carbonyl (C=O) groups is 1. The van der Waals surface area contributed by atoms with Crippen LogP contribution < -0.4 is 5.32 Å². The first-order valence-corrected chi connectivity index (χ1v) is 8.51. The second-order valence-corrected chi connectivity index (χ2v) is 6.79. The molecule has 2 rings (SSSR count). The van der Waals surface area contributed by atoms with Crippen LogP contribution in [0.2, 0.25) is 0 Å². The van der Waals surface area contributed by atoms with Crippen LogP contribution in [0, 0.1) is 5.92 Å². The van der Waals surface area contributed by atoms with E-state index >= 15 is 0 Å². The third kappa shape index (κ3) is 4.38. The van der Waals surface area contributed by atoms with Gasteiger partial charge in [0, 0.05) is 30.5 Å². The molecule has 0 spiro atoms. The van der Waals surface area contributed by atoms with Gasteiger partial charge in [-0.2, -0.15) is 0 Å². The van der Waals surface area contributed by atoms with Crippen LogP contribution in [-0.4, -0.2) is 41.5 Å². The zero-order valence-electron chi connectivity index (χ0n) is 12.7. The molecule has 5 heteroatoms. The summed E-state index contributed by atoms with van der Waals surface area (Å²) in [7, 11) is 0. The molecule has 1 aromatic rings. The minimum absolute atomic E-state index is 0.00801. The van der Waals surface area contributed by atoms with Crippen LogP contribution in [0.4, 0.5) is 4.79 Å². The van der Waals surface area contributed by atoms with Gasteiger partial charge in [0.05, 0.1) is 6.04 Å². The standard InChI is InChI=1S/C16H24N2O2S/c1-3-21-15-6-4-14(5-7-15)12(2)17-16(20)18-9-8-13(10-18)11-19/h4-7,12-13,19H,3,8-11H2,1-2H3,(H,17,20). The van der Waals surface area contributed by atoms with Crippen LogP contribution in [0.25, 0.3) is 0 Å². The highest BCUT2D eigenvalue weighted by Crippen LogP contribution is 2.21. The van der Waals surface area contributed by atoms with Gasteiger partial charge < -0.3 is 15.3 Å². The van der Waals surface area contributed by atoms with Gasteiger partial charge in [-0.3, -0.25) is 0 Å². The minimum atomic E-state index is -0.0366. The Hall–Kier alpha value is -1.20. The number of aliphatic hydroxyl groups is 1. The fraction of sp³-hybridized carbons (Fsp3) is 0.562. The van der Waals surface area contributed by atoms with E-state index in [0.29, 0.717) is 6.54 Å². The Balaban J connectivity index is 1.88. The predicted octanol–water partition coefficient (Wildman–Crippen LogP) is 2.88. The Labute approximate surface area is 130 Å². The monoisotopic (exact) mass is 308 g/mol. The summed E-state index contributed by atoms with van der Waals surface area (Å²) >= 11 is 1.81. The molecule has 21 heavy (non-hydrogen) atoms. The number of carbonyl (C=O) groups excluding carboxylic acids is 1. The minimum Gasteiger partial charge on any atom is -0.396 e. The number of amides is 2. The number of aliphatic hydroxyl groups excluding tert-OH is 1. The zero-order valence-corrected chi connectivity index (χ0v) is 13.5. The highest BCUT2D eigenvalue weighted by Gasteiger charge is 2.26. The van der Waals surface area contributed by atoms with E-state index in [4.69, 9.17) is 5.11 Å². The first-order valence-electron chi connectivity index (χ1n) is 7.53. The van der Waals surface area contributed by atoms with Crippen molar-refractivity contribution in [2.24, 2.45) is 5.92 Å². The Morgan fingerprint density at radius 1 is 1.48 bits per heavy atom.